The maximum Gasteiger partial charge on any atom is 0.363 e. The number of esters is 2. The molecular formula is C23H14ClNO4. The molecule has 3 aromatic carbocycles. The first-order chi connectivity index (χ1) is 14.1. The molecule has 6 heteroatoms. The first-order valence-corrected chi connectivity index (χ1v) is 9.13. The molecule has 1 aliphatic heterocycles. The molecule has 0 unspecified atom stereocenters. The van der Waals surface area contributed by atoms with Gasteiger partial charge >= 0.3 is 11.9 Å². The predicted octanol–water partition coefficient (Wildman–Crippen LogP) is 4.90. The first-order valence-electron chi connectivity index (χ1n) is 8.75. The van der Waals surface area contributed by atoms with Gasteiger partial charge in [0.15, 0.2) is 5.70 Å². The molecule has 0 bridgehead atoms. The lowest BCUT2D eigenvalue weighted by Crippen LogP contribution is -2.09. The fraction of sp³-hybridized carbons (Fsp3) is 0. The average molecular weight is 404 g/mol. The number of cyclic esters (lactones) is 1. The van der Waals surface area contributed by atoms with Crippen LogP contribution < -0.4 is 4.74 Å². The molecule has 3 aromatic rings. The van der Waals surface area contributed by atoms with E-state index < -0.39 is 11.9 Å². The Morgan fingerprint density at radius 1 is 0.931 bits per heavy atom. The van der Waals surface area contributed by atoms with Crippen molar-refractivity contribution < 1.29 is 19.1 Å². The summed E-state index contributed by atoms with van der Waals surface area (Å²) < 4.78 is 10.8. The minimum absolute atomic E-state index is 0.109. The normalized spacial score (nSPS) is 14.4. The number of hydrogen-bond donors (Lipinski definition) is 0. The maximum atomic E-state index is 12.4. The van der Waals surface area contributed by atoms with E-state index in [2.05, 4.69) is 4.99 Å². The largest absolute Gasteiger partial charge is 0.422 e. The Hall–Kier alpha value is -3.70. The van der Waals surface area contributed by atoms with Gasteiger partial charge in [-0.2, -0.15) is 0 Å². The number of nitrogens with zero attached hydrogens (tertiary/aromatic N) is 1. The van der Waals surface area contributed by atoms with Gasteiger partial charge in [-0.05, 0) is 48.5 Å². The summed E-state index contributed by atoms with van der Waals surface area (Å²) in [6.45, 7) is 0. The second-order valence-electron chi connectivity index (χ2n) is 6.14. The smallest absolute Gasteiger partial charge is 0.363 e. The summed E-state index contributed by atoms with van der Waals surface area (Å²) >= 11 is 5.89. The van der Waals surface area contributed by atoms with Crippen LogP contribution in [-0.4, -0.2) is 17.8 Å². The number of carbonyl (C=O) groups is 2. The van der Waals surface area contributed by atoms with Gasteiger partial charge in [0.1, 0.15) is 5.75 Å². The molecule has 0 saturated heterocycles. The number of benzene rings is 3. The zero-order valence-corrected chi connectivity index (χ0v) is 15.8. The van der Waals surface area contributed by atoms with Gasteiger partial charge in [0.05, 0.1) is 5.56 Å². The molecule has 0 spiro atoms. The van der Waals surface area contributed by atoms with E-state index in [1.165, 1.54) is 6.08 Å². The van der Waals surface area contributed by atoms with Gasteiger partial charge in [-0.15, -0.1) is 0 Å². The molecule has 0 radical (unpaired) electrons. The molecule has 0 saturated carbocycles. The van der Waals surface area contributed by atoms with Crippen molar-refractivity contribution in [2.45, 2.75) is 0 Å². The van der Waals surface area contributed by atoms with E-state index in [1.54, 1.807) is 72.8 Å². The summed E-state index contributed by atoms with van der Waals surface area (Å²) in [7, 11) is 0. The molecule has 29 heavy (non-hydrogen) atoms. The van der Waals surface area contributed by atoms with E-state index in [9.17, 15) is 9.59 Å². The molecule has 1 heterocycles. The van der Waals surface area contributed by atoms with Crippen LogP contribution in [0, 0.1) is 0 Å². The van der Waals surface area contributed by atoms with Crippen molar-refractivity contribution in [3.8, 4) is 5.75 Å². The van der Waals surface area contributed by atoms with E-state index in [0.29, 0.717) is 27.5 Å². The minimum atomic E-state index is -0.584. The third kappa shape index (κ3) is 4.25. The highest BCUT2D eigenvalue weighted by molar-refractivity contribution is 6.30. The second kappa shape index (κ2) is 8.12. The van der Waals surface area contributed by atoms with Gasteiger partial charge in [-0.1, -0.05) is 48.0 Å². The molecule has 142 valence electrons. The average Bonchev–Trinajstić information content (AvgIpc) is 3.11. The van der Waals surface area contributed by atoms with E-state index in [1.807, 2.05) is 6.07 Å². The van der Waals surface area contributed by atoms with Gasteiger partial charge in [0.25, 0.3) is 0 Å². The van der Waals surface area contributed by atoms with Gasteiger partial charge in [-0.3, -0.25) is 0 Å². The van der Waals surface area contributed by atoms with Crippen molar-refractivity contribution in [1.29, 1.82) is 0 Å². The minimum Gasteiger partial charge on any atom is -0.422 e. The Kier molecular flexibility index (Phi) is 5.22. The van der Waals surface area contributed by atoms with Crippen molar-refractivity contribution in [2.24, 2.45) is 4.99 Å². The number of ether oxygens (including phenoxy) is 2. The van der Waals surface area contributed by atoms with Crippen LogP contribution in [0.15, 0.2) is 89.6 Å². The molecule has 0 fully saturated rings. The van der Waals surface area contributed by atoms with E-state index in [0.717, 1.165) is 0 Å². The predicted molar refractivity (Wildman–Crippen MR) is 110 cm³/mol. The molecule has 0 N–H and O–H groups in total. The Balaban J connectivity index is 1.62. The Labute approximate surface area is 171 Å². The number of para-hydroxylation sites is 1. The summed E-state index contributed by atoms with van der Waals surface area (Å²) in [6, 6.07) is 22.4. The van der Waals surface area contributed by atoms with Crippen LogP contribution in [0.4, 0.5) is 0 Å². The van der Waals surface area contributed by atoms with Crippen LogP contribution in [-0.2, 0) is 9.53 Å². The number of carbonyl (C=O) groups excluding carboxylic acids is 2. The molecule has 0 amide bonds. The third-order valence-electron chi connectivity index (χ3n) is 4.14. The highest BCUT2D eigenvalue weighted by Gasteiger charge is 2.24. The van der Waals surface area contributed by atoms with Crippen molar-refractivity contribution in [1.82, 2.24) is 0 Å². The maximum absolute atomic E-state index is 12.4. The number of aliphatic imine (C=N–C) groups is 1. The molecule has 0 aromatic heterocycles. The van der Waals surface area contributed by atoms with Crippen LogP contribution in [0.3, 0.4) is 0 Å². The fourth-order valence-corrected chi connectivity index (χ4v) is 2.82. The molecule has 0 aliphatic carbocycles. The number of halogens is 1. The topological polar surface area (TPSA) is 65.0 Å². The van der Waals surface area contributed by atoms with E-state index >= 15 is 0 Å². The SMILES string of the molecule is O=C1OC(c2ccc(Cl)cc2)=N/C1=C/c1ccccc1OC(=O)c1ccccc1. The Morgan fingerprint density at radius 2 is 1.62 bits per heavy atom. The summed E-state index contributed by atoms with van der Waals surface area (Å²) in [4.78, 5) is 28.9. The zero-order chi connectivity index (χ0) is 20.2. The molecule has 4 rings (SSSR count). The van der Waals surface area contributed by atoms with E-state index in [4.69, 9.17) is 21.1 Å². The molecule has 1 aliphatic rings. The fourth-order valence-electron chi connectivity index (χ4n) is 2.70. The lowest BCUT2D eigenvalue weighted by Gasteiger charge is -2.07. The number of rotatable bonds is 4. The monoisotopic (exact) mass is 403 g/mol. The lowest BCUT2D eigenvalue weighted by molar-refractivity contribution is -0.129. The van der Waals surface area contributed by atoms with Gasteiger partial charge < -0.3 is 9.47 Å². The van der Waals surface area contributed by atoms with Crippen LogP contribution >= 0.6 is 11.6 Å². The highest BCUT2D eigenvalue weighted by atomic mass is 35.5. The third-order valence-corrected chi connectivity index (χ3v) is 4.39. The van der Waals surface area contributed by atoms with Gasteiger partial charge in [-0.25, -0.2) is 14.6 Å². The second-order valence-corrected chi connectivity index (χ2v) is 6.57. The van der Waals surface area contributed by atoms with Crippen LogP contribution in [0.1, 0.15) is 21.5 Å². The van der Waals surface area contributed by atoms with Crippen LogP contribution in [0.2, 0.25) is 5.02 Å². The summed E-state index contributed by atoms with van der Waals surface area (Å²) in [6.07, 6.45) is 1.53. The quantitative estimate of drug-likeness (QED) is 0.353. The Bertz CT molecular complexity index is 1140. The first kappa shape index (κ1) is 18.7. The lowest BCUT2D eigenvalue weighted by atomic mass is 10.1. The standard InChI is InChI=1S/C23H14ClNO4/c24-18-12-10-15(11-13-18)21-25-19(23(27)29-21)14-17-8-4-5-9-20(17)28-22(26)16-6-2-1-3-7-16/h1-14H/b19-14+. The Morgan fingerprint density at radius 3 is 2.38 bits per heavy atom. The summed E-state index contributed by atoms with van der Waals surface area (Å²) in [5.74, 6) is -0.566. The summed E-state index contributed by atoms with van der Waals surface area (Å²) in [5, 5.41) is 0.573. The molecule has 5 nitrogen and oxygen atoms in total. The molecular weight excluding hydrogens is 390 g/mol. The number of hydrogen-bond acceptors (Lipinski definition) is 5. The van der Waals surface area contributed by atoms with Crippen LogP contribution in [0.5, 0.6) is 5.75 Å². The zero-order valence-electron chi connectivity index (χ0n) is 15.0. The van der Waals surface area contributed by atoms with E-state index in [-0.39, 0.29) is 11.6 Å². The van der Waals surface area contributed by atoms with Crippen molar-refractivity contribution in [3.05, 3.63) is 106 Å². The van der Waals surface area contributed by atoms with Crippen LogP contribution in [0.25, 0.3) is 6.08 Å². The molecule has 0 atom stereocenters. The highest BCUT2D eigenvalue weighted by Crippen LogP contribution is 2.25. The van der Waals surface area contributed by atoms with Crippen molar-refractivity contribution in [3.63, 3.8) is 0 Å². The van der Waals surface area contributed by atoms with Crippen molar-refractivity contribution in [2.75, 3.05) is 0 Å². The van der Waals surface area contributed by atoms with Gasteiger partial charge in [0.2, 0.25) is 5.90 Å². The van der Waals surface area contributed by atoms with Crippen molar-refractivity contribution >= 4 is 35.5 Å². The summed E-state index contributed by atoms with van der Waals surface area (Å²) in [5.41, 5.74) is 1.70. The van der Waals surface area contributed by atoms with Gasteiger partial charge in [0, 0.05) is 16.1 Å².